The molecule has 6 heteroatoms. The normalized spacial score (nSPS) is 18.0. The molecule has 1 amide bonds. The molecular formula is C15H22BrClN2O2. The molecule has 0 saturated carbocycles. The number of benzene rings is 1. The van der Waals surface area contributed by atoms with Crippen LogP contribution in [-0.4, -0.2) is 43.1 Å². The van der Waals surface area contributed by atoms with Crippen LogP contribution in [0.5, 0.6) is 5.75 Å². The zero-order valence-electron chi connectivity index (χ0n) is 12.2. The number of hydrogen-bond donors (Lipinski definition) is 1. The predicted octanol–water partition coefficient (Wildman–Crippen LogP) is 2.85. The average Bonchev–Trinajstić information content (AvgIpc) is 2.45. The van der Waals surface area contributed by atoms with Crippen molar-refractivity contribution in [2.24, 2.45) is 0 Å². The van der Waals surface area contributed by atoms with Crippen molar-refractivity contribution in [3.63, 3.8) is 0 Å². The second-order valence-corrected chi connectivity index (χ2v) is 5.93. The Hall–Kier alpha value is -0.780. The smallest absolute Gasteiger partial charge is 0.222 e. The minimum Gasteiger partial charge on any atom is -0.492 e. The number of halogens is 2. The molecule has 0 bridgehead atoms. The maximum atomic E-state index is 12.1. The highest BCUT2D eigenvalue weighted by Gasteiger charge is 2.19. The van der Waals surface area contributed by atoms with Gasteiger partial charge in [-0.25, -0.2) is 0 Å². The summed E-state index contributed by atoms with van der Waals surface area (Å²) in [5.41, 5.74) is 0. The number of piperazine rings is 1. The Morgan fingerprint density at radius 2 is 2.24 bits per heavy atom. The van der Waals surface area contributed by atoms with E-state index < -0.39 is 0 Å². The Bertz CT molecular complexity index is 459. The number of nitrogens with one attached hydrogen (secondary N) is 1. The Balaban J connectivity index is 0.00000220. The summed E-state index contributed by atoms with van der Waals surface area (Å²) in [4.78, 5) is 14.0. The Morgan fingerprint density at radius 1 is 1.48 bits per heavy atom. The van der Waals surface area contributed by atoms with Gasteiger partial charge in [-0.05, 0) is 41.4 Å². The molecule has 1 aromatic rings. The number of para-hydroxylation sites is 1. The van der Waals surface area contributed by atoms with Gasteiger partial charge in [0.1, 0.15) is 5.75 Å². The largest absolute Gasteiger partial charge is 0.492 e. The van der Waals surface area contributed by atoms with Gasteiger partial charge < -0.3 is 15.0 Å². The Kier molecular flexibility index (Phi) is 8.07. The predicted molar refractivity (Wildman–Crippen MR) is 90.2 cm³/mol. The lowest BCUT2D eigenvalue weighted by molar-refractivity contribution is -0.132. The molecule has 2 rings (SSSR count). The maximum Gasteiger partial charge on any atom is 0.222 e. The molecule has 1 atom stereocenters. The van der Waals surface area contributed by atoms with Crippen molar-refractivity contribution in [3.05, 3.63) is 28.7 Å². The van der Waals surface area contributed by atoms with Gasteiger partial charge in [0.15, 0.2) is 0 Å². The quantitative estimate of drug-likeness (QED) is 0.802. The molecule has 1 unspecified atom stereocenters. The number of amides is 1. The van der Waals surface area contributed by atoms with E-state index in [1.807, 2.05) is 29.2 Å². The summed E-state index contributed by atoms with van der Waals surface area (Å²) in [6.07, 6.45) is 1.30. The van der Waals surface area contributed by atoms with E-state index in [4.69, 9.17) is 4.74 Å². The highest BCUT2D eigenvalue weighted by Crippen LogP contribution is 2.23. The number of carbonyl (C=O) groups is 1. The van der Waals surface area contributed by atoms with Crippen LogP contribution in [0.25, 0.3) is 0 Å². The first-order chi connectivity index (χ1) is 9.66. The molecule has 1 fully saturated rings. The van der Waals surface area contributed by atoms with Crippen molar-refractivity contribution in [1.82, 2.24) is 10.2 Å². The van der Waals surface area contributed by atoms with E-state index in [-0.39, 0.29) is 18.3 Å². The maximum absolute atomic E-state index is 12.1. The lowest BCUT2D eigenvalue weighted by Gasteiger charge is -2.32. The fraction of sp³-hybridized carbons (Fsp3) is 0.533. The van der Waals surface area contributed by atoms with E-state index in [9.17, 15) is 4.79 Å². The summed E-state index contributed by atoms with van der Waals surface area (Å²) < 4.78 is 6.61. The molecule has 1 aliphatic heterocycles. The van der Waals surface area contributed by atoms with Crippen molar-refractivity contribution in [1.29, 1.82) is 0 Å². The van der Waals surface area contributed by atoms with Crippen molar-refractivity contribution in [2.75, 3.05) is 26.2 Å². The standard InChI is InChI=1S/C15H21BrN2O2.ClH/c1-12-11-18(9-8-17-12)15(19)7-4-10-20-14-6-3-2-5-13(14)16;/h2-3,5-6,12,17H,4,7-11H2,1H3;1H. The summed E-state index contributed by atoms with van der Waals surface area (Å²) in [6.45, 7) is 5.18. The molecular weight excluding hydrogens is 356 g/mol. The summed E-state index contributed by atoms with van der Waals surface area (Å²) >= 11 is 3.44. The molecule has 0 spiro atoms. The van der Waals surface area contributed by atoms with Crippen LogP contribution in [-0.2, 0) is 4.79 Å². The summed E-state index contributed by atoms with van der Waals surface area (Å²) in [5.74, 6) is 1.06. The van der Waals surface area contributed by atoms with E-state index in [0.29, 0.717) is 19.1 Å². The Morgan fingerprint density at radius 3 is 2.95 bits per heavy atom. The van der Waals surface area contributed by atoms with Gasteiger partial charge in [-0.15, -0.1) is 12.4 Å². The molecule has 0 radical (unpaired) electrons. The fourth-order valence-corrected chi connectivity index (χ4v) is 2.68. The molecule has 1 aromatic carbocycles. The third-order valence-electron chi connectivity index (χ3n) is 3.35. The molecule has 0 aromatic heterocycles. The number of carbonyl (C=O) groups excluding carboxylic acids is 1. The van der Waals surface area contributed by atoms with E-state index in [1.54, 1.807) is 0 Å². The molecule has 118 valence electrons. The van der Waals surface area contributed by atoms with Crippen LogP contribution in [0.3, 0.4) is 0 Å². The monoisotopic (exact) mass is 376 g/mol. The van der Waals surface area contributed by atoms with Crippen molar-refractivity contribution >= 4 is 34.2 Å². The van der Waals surface area contributed by atoms with Gasteiger partial charge >= 0.3 is 0 Å². The Labute approximate surface area is 140 Å². The number of nitrogens with zero attached hydrogens (tertiary/aromatic N) is 1. The van der Waals surface area contributed by atoms with Gasteiger partial charge in [-0.1, -0.05) is 12.1 Å². The van der Waals surface area contributed by atoms with Crippen molar-refractivity contribution < 1.29 is 9.53 Å². The molecule has 1 aliphatic rings. The summed E-state index contributed by atoms with van der Waals surface area (Å²) in [6, 6.07) is 8.15. The summed E-state index contributed by atoms with van der Waals surface area (Å²) in [5, 5.41) is 3.34. The zero-order valence-corrected chi connectivity index (χ0v) is 14.6. The first kappa shape index (κ1) is 18.3. The van der Waals surface area contributed by atoms with E-state index in [1.165, 1.54) is 0 Å². The third kappa shape index (κ3) is 5.85. The highest BCUT2D eigenvalue weighted by molar-refractivity contribution is 9.10. The van der Waals surface area contributed by atoms with Crippen LogP contribution in [0.1, 0.15) is 19.8 Å². The first-order valence-electron chi connectivity index (χ1n) is 7.05. The van der Waals surface area contributed by atoms with E-state index in [2.05, 4.69) is 28.2 Å². The van der Waals surface area contributed by atoms with E-state index >= 15 is 0 Å². The van der Waals surface area contributed by atoms with E-state index in [0.717, 1.165) is 36.3 Å². The van der Waals surface area contributed by atoms with Crippen LogP contribution in [0.15, 0.2) is 28.7 Å². The van der Waals surface area contributed by atoms with Gasteiger partial charge in [0, 0.05) is 32.1 Å². The number of ether oxygens (including phenoxy) is 1. The lowest BCUT2D eigenvalue weighted by Crippen LogP contribution is -2.51. The number of hydrogen-bond acceptors (Lipinski definition) is 3. The van der Waals surface area contributed by atoms with Crippen molar-refractivity contribution in [2.45, 2.75) is 25.8 Å². The fourth-order valence-electron chi connectivity index (χ4n) is 2.28. The zero-order chi connectivity index (χ0) is 14.4. The van der Waals surface area contributed by atoms with Gasteiger partial charge in [0.2, 0.25) is 5.91 Å². The minimum atomic E-state index is 0. The SMILES string of the molecule is CC1CN(C(=O)CCCOc2ccccc2Br)CCN1.Cl. The van der Waals surface area contributed by atoms with Crippen LogP contribution >= 0.6 is 28.3 Å². The molecule has 1 saturated heterocycles. The molecule has 0 aliphatic carbocycles. The molecule has 4 nitrogen and oxygen atoms in total. The summed E-state index contributed by atoms with van der Waals surface area (Å²) in [7, 11) is 0. The van der Waals surface area contributed by atoms with Crippen LogP contribution < -0.4 is 10.1 Å². The highest BCUT2D eigenvalue weighted by atomic mass is 79.9. The average molecular weight is 378 g/mol. The lowest BCUT2D eigenvalue weighted by atomic mass is 10.2. The number of rotatable bonds is 5. The second kappa shape index (κ2) is 9.28. The van der Waals surface area contributed by atoms with Gasteiger partial charge in [0.25, 0.3) is 0 Å². The van der Waals surface area contributed by atoms with Crippen LogP contribution in [0.2, 0.25) is 0 Å². The molecule has 1 N–H and O–H groups in total. The molecule has 21 heavy (non-hydrogen) atoms. The third-order valence-corrected chi connectivity index (χ3v) is 4.01. The van der Waals surface area contributed by atoms with Gasteiger partial charge in [-0.2, -0.15) is 0 Å². The van der Waals surface area contributed by atoms with Crippen molar-refractivity contribution in [3.8, 4) is 5.75 Å². The van der Waals surface area contributed by atoms with Crippen LogP contribution in [0, 0.1) is 0 Å². The molecule has 1 heterocycles. The van der Waals surface area contributed by atoms with Crippen LogP contribution in [0.4, 0.5) is 0 Å². The second-order valence-electron chi connectivity index (χ2n) is 5.08. The first-order valence-corrected chi connectivity index (χ1v) is 7.84. The minimum absolute atomic E-state index is 0. The van der Waals surface area contributed by atoms with Gasteiger partial charge in [-0.3, -0.25) is 4.79 Å². The van der Waals surface area contributed by atoms with Gasteiger partial charge in [0.05, 0.1) is 11.1 Å². The topological polar surface area (TPSA) is 41.6 Å².